The second-order valence-corrected chi connectivity index (χ2v) is 5.61. The number of piperidine rings is 1. The first-order chi connectivity index (χ1) is 8.83. The van der Waals surface area contributed by atoms with Crippen LogP contribution in [-0.2, 0) is 0 Å². The first kappa shape index (κ1) is 11.8. The predicted octanol–water partition coefficient (Wildman–Crippen LogP) is 3.75. The van der Waals surface area contributed by atoms with E-state index in [2.05, 4.69) is 43.2 Å². The number of hydrogen-bond acceptors (Lipinski definition) is 2. The molecule has 0 radical (unpaired) electrons. The van der Waals surface area contributed by atoms with Crippen LogP contribution >= 0.6 is 15.9 Å². The summed E-state index contributed by atoms with van der Waals surface area (Å²) in [4.78, 5) is 3.27. The van der Waals surface area contributed by atoms with Gasteiger partial charge in [0.1, 0.15) is 0 Å². The molecule has 0 bridgehead atoms. The van der Waals surface area contributed by atoms with Gasteiger partial charge >= 0.3 is 0 Å². The molecule has 1 saturated heterocycles. The van der Waals surface area contributed by atoms with Gasteiger partial charge < -0.3 is 4.98 Å². The molecule has 0 atom stereocenters. The molecule has 94 valence electrons. The quantitative estimate of drug-likeness (QED) is 0.842. The maximum Gasteiger partial charge on any atom is 0.0564 e. The second kappa shape index (κ2) is 5.14. The summed E-state index contributed by atoms with van der Waals surface area (Å²) in [5, 5.41) is 7.96. The topological polar surface area (TPSA) is 31.4 Å². The number of aromatic amines is 1. The van der Waals surface area contributed by atoms with E-state index >= 15 is 0 Å². The number of nitrogens with zero attached hydrogens (tertiary/aromatic N) is 2. The molecule has 18 heavy (non-hydrogen) atoms. The van der Waals surface area contributed by atoms with E-state index in [0.717, 1.165) is 28.6 Å². The zero-order valence-electron chi connectivity index (χ0n) is 10.2. The van der Waals surface area contributed by atoms with Gasteiger partial charge in [-0.05, 0) is 37.5 Å². The first-order valence-electron chi connectivity index (χ1n) is 6.38. The Morgan fingerprint density at radius 2 is 2.06 bits per heavy atom. The van der Waals surface area contributed by atoms with Gasteiger partial charge in [0.2, 0.25) is 0 Å². The van der Waals surface area contributed by atoms with Crippen molar-refractivity contribution in [1.29, 1.82) is 0 Å². The Bertz CT molecular complexity index is 567. The maximum absolute atomic E-state index is 4.58. The average Bonchev–Trinajstić information content (AvgIpc) is 2.80. The van der Waals surface area contributed by atoms with Crippen LogP contribution in [0.1, 0.15) is 24.8 Å². The highest BCUT2D eigenvalue weighted by atomic mass is 79.9. The molecule has 2 heterocycles. The van der Waals surface area contributed by atoms with Crippen molar-refractivity contribution in [2.24, 2.45) is 5.10 Å². The molecule has 3 nitrogen and oxygen atoms in total. The van der Waals surface area contributed by atoms with Crippen molar-refractivity contribution in [2.75, 3.05) is 13.1 Å². The number of hydrogen-bond donors (Lipinski definition) is 1. The van der Waals surface area contributed by atoms with Crippen molar-refractivity contribution in [3.8, 4) is 0 Å². The number of halogens is 1. The second-order valence-electron chi connectivity index (χ2n) is 4.69. The molecule has 0 unspecified atom stereocenters. The lowest BCUT2D eigenvalue weighted by atomic mass is 10.2. The summed E-state index contributed by atoms with van der Waals surface area (Å²) in [5.41, 5.74) is 2.30. The van der Waals surface area contributed by atoms with Gasteiger partial charge in [-0.2, -0.15) is 5.10 Å². The van der Waals surface area contributed by atoms with Crippen molar-refractivity contribution < 1.29 is 0 Å². The summed E-state index contributed by atoms with van der Waals surface area (Å²) in [6.45, 7) is 2.17. The lowest BCUT2D eigenvalue weighted by Crippen LogP contribution is -2.24. The van der Waals surface area contributed by atoms with E-state index in [4.69, 9.17) is 0 Å². The van der Waals surface area contributed by atoms with Crippen molar-refractivity contribution in [1.82, 2.24) is 9.99 Å². The highest BCUT2D eigenvalue weighted by Gasteiger charge is 2.07. The van der Waals surface area contributed by atoms with Gasteiger partial charge in [-0.3, -0.25) is 5.01 Å². The molecular weight excluding hydrogens is 290 g/mol. The highest BCUT2D eigenvalue weighted by Crippen LogP contribution is 2.21. The van der Waals surface area contributed by atoms with Crippen molar-refractivity contribution in [3.05, 3.63) is 34.4 Å². The number of H-pyrrole nitrogens is 1. The van der Waals surface area contributed by atoms with Crippen LogP contribution in [-0.4, -0.2) is 29.3 Å². The molecule has 0 saturated carbocycles. The molecular formula is C14H16BrN3. The molecule has 1 aliphatic rings. The number of aromatic nitrogens is 1. The summed E-state index contributed by atoms with van der Waals surface area (Å²) in [7, 11) is 0. The van der Waals surface area contributed by atoms with Crippen LogP contribution in [0.25, 0.3) is 10.9 Å². The van der Waals surface area contributed by atoms with Gasteiger partial charge in [0, 0.05) is 40.2 Å². The fourth-order valence-electron chi connectivity index (χ4n) is 2.36. The molecule has 0 spiro atoms. The molecule has 4 heteroatoms. The number of fused-ring (bicyclic) bond motifs is 1. The highest BCUT2D eigenvalue weighted by molar-refractivity contribution is 9.10. The summed E-state index contributed by atoms with van der Waals surface area (Å²) in [5.74, 6) is 0. The van der Waals surface area contributed by atoms with E-state index in [0.29, 0.717) is 0 Å². The minimum atomic E-state index is 1.09. The van der Waals surface area contributed by atoms with Gasteiger partial charge in [-0.1, -0.05) is 15.9 Å². The van der Waals surface area contributed by atoms with Crippen molar-refractivity contribution in [3.63, 3.8) is 0 Å². The lowest BCUT2D eigenvalue weighted by molar-refractivity contribution is 0.240. The number of benzene rings is 1. The Balaban J connectivity index is 1.85. The molecule has 1 N–H and O–H groups in total. The largest absolute Gasteiger partial charge is 0.361 e. The summed E-state index contributed by atoms with van der Waals surface area (Å²) in [6, 6.07) is 6.26. The zero-order chi connectivity index (χ0) is 12.4. The Labute approximate surface area is 115 Å². The number of hydrazone groups is 1. The van der Waals surface area contributed by atoms with Crippen molar-refractivity contribution >= 4 is 33.0 Å². The van der Waals surface area contributed by atoms with E-state index in [9.17, 15) is 0 Å². The Morgan fingerprint density at radius 3 is 2.89 bits per heavy atom. The van der Waals surface area contributed by atoms with Crippen LogP contribution < -0.4 is 0 Å². The molecule has 0 amide bonds. The Kier molecular flexibility index (Phi) is 3.37. The SMILES string of the molecule is Brc1ccc2[nH]cc(C=NN3CCCCC3)c2c1. The van der Waals surface area contributed by atoms with E-state index in [-0.39, 0.29) is 0 Å². The van der Waals surface area contributed by atoms with E-state index in [1.807, 2.05) is 18.5 Å². The minimum Gasteiger partial charge on any atom is -0.361 e. The molecule has 1 fully saturated rings. The number of nitrogens with one attached hydrogen (secondary N) is 1. The third kappa shape index (κ3) is 2.43. The third-order valence-electron chi connectivity index (χ3n) is 3.37. The minimum absolute atomic E-state index is 1.09. The molecule has 1 aliphatic heterocycles. The molecule has 1 aromatic heterocycles. The smallest absolute Gasteiger partial charge is 0.0564 e. The Morgan fingerprint density at radius 1 is 1.22 bits per heavy atom. The van der Waals surface area contributed by atoms with Crippen molar-refractivity contribution in [2.45, 2.75) is 19.3 Å². The van der Waals surface area contributed by atoms with Crippen LogP contribution in [0.15, 0.2) is 34.0 Å². The Hall–Kier alpha value is -1.29. The normalized spacial score (nSPS) is 16.8. The molecule has 0 aliphatic carbocycles. The third-order valence-corrected chi connectivity index (χ3v) is 3.86. The summed E-state index contributed by atoms with van der Waals surface area (Å²) >= 11 is 3.51. The maximum atomic E-state index is 4.58. The molecule has 2 aromatic rings. The fourth-order valence-corrected chi connectivity index (χ4v) is 2.72. The lowest BCUT2D eigenvalue weighted by Gasteiger charge is -2.23. The van der Waals surface area contributed by atoms with Crippen LogP contribution in [0.2, 0.25) is 0 Å². The van der Waals surface area contributed by atoms with Gasteiger partial charge in [-0.15, -0.1) is 0 Å². The number of rotatable bonds is 2. The van der Waals surface area contributed by atoms with Gasteiger partial charge in [0.15, 0.2) is 0 Å². The van der Waals surface area contributed by atoms with E-state index in [1.165, 1.54) is 24.6 Å². The predicted molar refractivity (Wildman–Crippen MR) is 79.0 cm³/mol. The van der Waals surface area contributed by atoms with Gasteiger partial charge in [0.25, 0.3) is 0 Å². The fraction of sp³-hybridized carbons (Fsp3) is 0.357. The van der Waals surface area contributed by atoms with Crippen LogP contribution in [0, 0.1) is 0 Å². The van der Waals surface area contributed by atoms with Gasteiger partial charge in [-0.25, -0.2) is 0 Å². The van der Waals surface area contributed by atoms with E-state index < -0.39 is 0 Å². The monoisotopic (exact) mass is 305 g/mol. The average molecular weight is 306 g/mol. The first-order valence-corrected chi connectivity index (χ1v) is 7.18. The zero-order valence-corrected chi connectivity index (χ0v) is 11.8. The van der Waals surface area contributed by atoms with Crippen LogP contribution in [0.3, 0.4) is 0 Å². The molecule has 3 rings (SSSR count). The summed E-state index contributed by atoms with van der Waals surface area (Å²) in [6.07, 6.45) is 7.85. The van der Waals surface area contributed by atoms with Gasteiger partial charge in [0.05, 0.1) is 6.21 Å². The standard InChI is InChI=1S/C14H16BrN3/c15-12-4-5-14-13(8-12)11(9-16-14)10-17-18-6-2-1-3-7-18/h4-5,8-10,16H,1-3,6-7H2. The van der Waals surface area contributed by atoms with Crippen LogP contribution in [0.4, 0.5) is 0 Å². The summed E-state index contributed by atoms with van der Waals surface area (Å²) < 4.78 is 1.10. The van der Waals surface area contributed by atoms with E-state index in [1.54, 1.807) is 0 Å². The van der Waals surface area contributed by atoms with Crippen LogP contribution in [0.5, 0.6) is 0 Å². The molecule has 1 aromatic carbocycles.